The van der Waals surface area contributed by atoms with Crippen molar-refractivity contribution in [2.75, 3.05) is 30.3 Å². The summed E-state index contributed by atoms with van der Waals surface area (Å²) in [6.07, 6.45) is 0.741. The maximum absolute atomic E-state index is 10.2. The molecule has 2 aromatic carbocycles. The van der Waals surface area contributed by atoms with Gasteiger partial charge < -0.3 is 4.90 Å². The number of nitriles is 1. The van der Waals surface area contributed by atoms with Crippen molar-refractivity contribution in [1.29, 1.82) is 5.26 Å². The molecule has 0 bridgehead atoms. The third kappa shape index (κ3) is 4.43. The molecular weight excluding hydrogens is 376 g/mol. The second kappa shape index (κ2) is 9.45. The topological polar surface area (TPSA) is 27.0 Å². The highest BCUT2D eigenvalue weighted by Gasteiger charge is 2.34. The number of hydrogen-bond acceptors (Lipinski definition) is 4. The number of thiocarbonyl (C=S) groups is 1. The van der Waals surface area contributed by atoms with Gasteiger partial charge in [-0.3, -0.25) is 0 Å². The highest BCUT2D eigenvalue weighted by molar-refractivity contribution is 8.22. The van der Waals surface area contributed by atoms with Gasteiger partial charge in [-0.2, -0.15) is 17.0 Å². The molecule has 0 radical (unpaired) electrons. The standard InChI is InChI=1S/C21H22N2S3/c22-17-21(18-7-3-1-4-8-18,19-9-5-2-6-10-19)11-14-26-20(24)23-12-15-25-16-13-23/h1-10H,11-16H2. The minimum absolute atomic E-state index is 0.636. The number of benzene rings is 2. The minimum atomic E-state index is -0.636. The van der Waals surface area contributed by atoms with E-state index in [-0.39, 0.29) is 0 Å². The maximum atomic E-state index is 10.2. The molecule has 26 heavy (non-hydrogen) atoms. The summed E-state index contributed by atoms with van der Waals surface area (Å²) in [6.45, 7) is 2.08. The zero-order valence-corrected chi connectivity index (χ0v) is 17.1. The van der Waals surface area contributed by atoms with E-state index in [2.05, 4.69) is 35.2 Å². The summed E-state index contributed by atoms with van der Waals surface area (Å²) in [5, 5.41) is 10.2. The summed E-state index contributed by atoms with van der Waals surface area (Å²) in [5.41, 5.74) is 1.47. The normalized spacial score (nSPS) is 14.7. The first-order valence-corrected chi connectivity index (χ1v) is 11.3. The lowest BCUT2D eigenvalue weighted by Crippen LogP contribution is -2.35. The van der Waals surface area contributed by atoms with Crippen LogP contribution in [0.1, 0.15) is 17.5 Å². The van der Waals surface area contributed by atoms with Gasteiger partial charge in [-0.05, 0) is 17.5 Å². The van der Waals surface area contributed by atoms with Gasteiger partial charge in [-0.25, -0.2) is 0 Å². The lowest BCUT2D eigenvalue weighted by Gasteiger charge is -2.30. The first kappa shape index (κ1) is 19.3. The molecule has 0 spiro atoms. The lowest BCUT2D eigenvalue weighted by atomic mass is 9.74. The molecule has 1 fully saturated rings. The summed E-state index contributed by atoms with van der Waals surface area (Å²) in [7, 11) is 0. The number of hydrogen-bond donors (Lipinski definition) is 0. The molecule has 0 saturated carbocycles. The van der Waals surface area contributed by atoms with Crippen LogP contribution in [-0.2, 0) is 5.41 Å². The van der Waals surface area contributed by atoms with Crippen molar-refractivity contribution >= 4 is 40.1 Å². The predicted octanol–water partition coefficient (Wildman–Crippen LogP) is 4.95. The van der Waals surface area contributed by atoms with E-state index in [0.29, 0.717) is 0 Å². The van der Waals surface area contributed by atoms with E-state index >= 15 is 0 Å². The number of rotatable bonds is 5. The zero-order valence-electron chi connectivity index (χ0n) is 14.6. The quantitative estimate of drug-likeness (QED) is 0.664. The van der Waals surface area contributed by atoms with Crippen molar-refractivity contribution in [3.8, 4) is 6.07 Å². The van der Waals surface area contributed by atoms with E-state index in [1.165, 1.54) is 0 Å². The minimum Gasteiger partial charge on any atom is -0.356 e. The Morgan fingerprint density at radius 3 is 2.08 bits per heavy atom. The third-order valence-electron chi connectivity index (χ3n) is 4.70. The fourth-order valence-corrected chi connectivity index (χ4v) is 5.50. The van der Waals surface area contributed by atoms with Crippen molar-refractivity contribution < 1.29 is 0 Å². The van der Waals surface area contributed by atoms with Crippen LogP contribution in [0, 0.1) is 11.3 Å². The molecular formula is C21H22N2S3. The average Bonchev–Trinajstić information content (AvgIpc) is 2.73. The Hall–Kier alpha value is -1.48. The van der Waals surface area contributed by atoms with Gasteiger partial charge >= 0.3 is 0 Å². The van der Waals surface area contributed by atoms with Crippen LogP contribution in [-0.4, -0.2) is 39.6 Å². The summed E-state index contributed by atoms with van der Waals surface area (Å²) in [6, 6.07) is 22.9. The molecule has 0 aliphatic carbocycles. The van der Waals surface area contributed by atoms with Crippen LogP contribution in [0.3, 0.4) is 0 Å². The van der Waals surface area contributed by atoms with Gasteiger partial charge in [0, 0.05) is 30.3 Å². The molecule has 1 aliphatic heterocycles. The molecule has 1 heterocycles. The monoisotopic (exact) mass is 398 g/mol. The summed E-state index contributed by atoms with van der Waals surface area (Å²) in [4.78, 5) is 2.30. The smallest absolute Gasteiger partial charge is 0.136 e. The van der Waals surface area contributed by atoms with E-state index in [9.17, 15) is 5.26 Å². The van der Waals surface area contributed by atoms with Crippen LogP contribution in [0.25, 0.3) is 0 Å². The summed E-state index contributed by atoms with van der Waals surface area (Å²) >= 11 is 9.33. The van der Waals surface area contributed by atoms with E-state index in [1.54, 1.807) is 11.8 Å². The average molecular weight is 399 g/mol. The summed E-state index contributed by atoms with van der Waals surface area (Å²) < 4.78 is 0.971. The van der Waals surface area contributed by atoms with Crippen LogP contribution < -0.4 is 0 Å². The van der Waals surface area contributed by atoms with E-state index < -0.39 is 5.41 Å². The van der Waals surface area contributed by atoms with Gasteiger partial charge in [0.15, 0.2) is 0 Å². The van der Waals surface area contributed by atoms with Gasteiger partial charge in [-0.15, -0.1) is 0 Å². The molecule has 0 atom stereocenters. The second-order valence-electron chi connectivity index (χ2n) is 6.21. The molecule has 2 aromatic rings. The lowest BCUT2D eigenvalue weighted by molar-refractivity contribution is 0.479. The van der Waals surface area contributed by atoms with Crippen LogP contribution in [0.5, 0.6) is 0 Å². The van der Waals surface area contributed by atoms with E-state index in [1.807, 2.05) is 48.2 Å². The van der Waals surface area contributed by atoms with Crippen LogP contribution >= 0.6 is 35.7 Å². The first-order valence-electron chi connectivity index (χ1n) is 8.78. The van der Waals surface area contributed by atoms with Crippen LogP contribution in [0.15, 0.2) is 60.7 Å². The number of nitrogens with zero attached hydrogens (tertiary/aromatic N) is 2. The fraction of sp³-hybridized carbons (Fsp3) is 0.333. The second-order valence-corrected chi connectivity index (χ2v) is 9.17. The van der Waals surface area contributed by atoms with Crippen molar-refractivity contribution in [3.05, 3.63) is 71.8 Å². The van der Waals surface area contributed by atoms with E-state index in [4.69, 9.17) is 12.2 Å². The highest BCUT2D eigenvalue weighted by Crippen LogP contribution is 2.36. The Morgan fingerprint density at radius 2 is 1.58 bits per heavy atom. The van der Waals surface area contributed by atoms with Crippen molar-refractivity contribution in [3.63, 3.8) is 0 Å². The molecule has 0 N–H and O–H groups in total. The SMILES string of the molecule is N#CC(CCSC(=S)N1CCSCC1)(c1ccccc1)c1ccccc1. The largest absolute Gasteiger partial charge is 0.356 e. The summed E-state index contributed by atoms with van der Waals surface area (Å²) in [5.74, 6) is 3.13. The zero-order chi connectivity index (χ0) is 18.2. The molecule has 0 amide bonds. The van der Waals surface area contributed by atoms with Gasteiger partial charge in [0.1, 0.15) is 9.74 Å². The molecule has 134 valence electrons. The van der Waals surface area contributed by atoms with Gasteiger partial charge in [0.2, 0.25) is 0 Å². The Bertz CT molecular complexity index is 710. The van der Waals surface area contributed by atoms with Gasteiger partial charge in [-0.1, -0.05) is 84.6 Å². The molecule has 0 unspecified atom stereocenters. The Kier molecular flexibility index (Phi) is 7.01. The van der Waals surface area contributed by atoms with Crippen molar-refractivity contribution in [1.82, 2.24) is 4.90 Å². The predicted molar refractivity (Wildman–Crippen MR) is 118 cm³/mol. The molecule has 0 aromatic heterocycles. The molecule has 1 saturated heterocycles. The van der Waals surface area contributed by atoms with Crippen molar-refractivity contribution in [2.24, 2.45) is 0 Å². The Balaban J connectivity index is 1.76. The molecule has 5 heteroatoms. The van der Waals surface area contributed by atoms with E-state index in [0.717, 1.165) is 52.2 Å². The third-order valence-corrected chi connectivity index (χ3v) is 7.16. The van der Waals surface area contributed by atoms with Gasteiger partial charge in [0.25, 0.3) is 0 Å². The maximum Gasteiger partial charge on any atom is 0.136 e. The molecule has 3 rings (SSSR count). The number of thioether (sulfide) groups is 2. The fourth-order valence-electron chi connectivity index (χ4n) is 3.21. The Morgan fingerprint density at radius 1 is 1.04 bits per heavy atom. The molecule has 2 nitrogen and oxygen atoms in total. The van der Waals surface area contributed by atoms with Crippen LogP contribution in [0.4, 0.5) is 0 Å². The Labute approximate surface area is 170 Å². The molecule has 1 aliphatic rings. The van der Waals surface area contributed by atoms with Crippen molar-refractivity contribution in [2.45, 2.75) is 11.8 Å². The van der Waals surface area contributed by atoms with Gasteiger partial charge in [0.05, 0.1) is 6.07 Å². The first-order chi connectivity index (χ1) is 12.8. The highest BCUT2D eigenvalue weighted by atomic mass is 32.2. The van der Waals surface area contributed by atoms with Crippen LogP contribution in [0.2, 0.25) is 0 Å².